The predicted molar refractivity (Wildman–Crippen MR) is 77.4 cm³/mol. The van der Waals surface area contributed by atoms with Crippen LogP contribution >= 0.6 is 0 Å². The van der Waals surface area contributed by atoms with Crippen LogP contribution in [0.1, 0.15) is 18.5 Å². The molecule has 1 aliphatic rings. The second kappa shape index (κ2) is 7.19. The van der Waals surface area contributed by atoms with Gasteiger partial charge in [0, 0.05) is 26.2 Å². The monoisotopic (exact) mass is 318 g/mol. The van der Waals surface area contributed by atoms with Crippen LogP contribution in [0.2, 0.25) is 0 Å². The van der Waals surface area contributed by atoms with Crippen LogP contribution in [0, 0.1) is 0 Å². The minimum Gasteiger partial charge on any atom is -0.493 e. The third-order valence-electron chi connectivity index (χ3n) is 3.63. The Morgan fingerprint density at radius 1 is 1.23 bits per heavy atom. The lowest BCUT2D eigenvalue weighted by Gasteiger charge is -2.36. The van der Waals surface area contributed by atoms with Crippen molar-refractivity contribution >= 4 is 0 Å². The van der Waals surface area contributed by atoms with Crippen molar-refractivity contribution < 1.29 is 22.6 Å². The highest BCUT2D eigenvalue weighted by Gasteiger charge is 2.45. The zero-order chi connectivity index (χ0) is 16.2. The molecule has 7 heteroatoms. The van der Waals surface area contributed by atoms with E-state index < -0.39 is 12.2 Å². The molecule has 0 unspecified atom stereocenters. The molecule has 4 nitrogen and oxygen atoms in total. The lowest BCUT2D eigenvalue weighted by atomic mass is 10.0. The van der Waals surface area contributed by atoms with Crippen molar-refractivity contribution in [1.82, 2.24) is 10.2 Å². The molecular weight excluding hydrogens is 297 g/mol. The largest absolute Gasteiger partial charge is 0.493 e. The number of nitrogens with one attached hydrogen (secondary N) is 1. The van der Waals surface area contributed by atoms with Gasteiger partial charge in [0.15, 0.2) is 11.5 Å². The summed E-state index contributed by atoms with van der Waals surface area (Å²) in [6.07, 6.45) is -4.34. The van der Waals surface area contributed by atoms with Gasteiger partial charge in [-0.15, -0.1) is 0 Å². The van der Waals surface area contributed by atoms with Crippen LogP contribution in [0.4, 0.5) is 13.2 Å². The van der Waals surface area contributed by atoms with Crippen molar-refractivity contribution in [2.45, 2.75) is 19.1 Å². The molecule has 0 saturated carbocycles. The highest BCUT2D eigenvalue weighted by Crippen LogP contribution is 2.40. The molecule has 0 spiro atoms. The molecule has 0 aliphatic carbocycles. The molecule has 0 aromatic heterocycles. The summed E-state index contributed by atoms with van der Waals surface area (Å²) in [5, 5.41) is 3.07. The van der Waals surface area contributed by atoms with E-state index in [1.165, 1.54) is 30.2 Å². The fraction of sp³-hybridized carbons (Fsp3) is 0.600. The standard InChI is InChI=1S/C15H21F3N2O2/c1-3-22-13-10-11(4-5-12(13)21-2)14(15(16,17)18)20-8-6-19-7-9-20/h4-5,10,14,19H,3,6-9H2,1-2H3/t14-/m0/s1. The van der Waals surface area contributed by atoms with Crippen LogP contribution in [-0.2, 0) is 0 Å². The van der Waals surface area contributed by atoms with Gasteiger partial charge >= 0.3 is 6.18 Å². The number of rotatable bonds is 5. The van der Waals surface area contributed by atoms with Gasteiger partial charge in [-0.1, -0.05) is 6.07 Å². The third kappa shape index (κ3) is 3.84. The normalized spacial score (nSPS) is 18.0. The molecule has 1 fully saturated rings. The maximum Gasteiger partial charge on any atom is 0.408 e. The van der Waals surface area contributed by atoms with Crippen molar-refractivity contribution in [2.24, 2.45) is 0 Å². The first-order chi connectivity index (χ1) is 10.5. The molecule has 1 heterocycles. The van der Waals surface area contributed by atoms with E-state index in [0.29, 0.717) is 44.3 Å². The topological polar surface area (TPSA) is 33.7 Å². The molecule has 0 amide bonds. The minimum atomic E-state index is -4.34. The molecule has 1 aromatic rings. The van der Waals surface area contributed by atoms with Crippen LogP contribution < -0.4 is 14.8 Å². The number of alkyl halides is 3. The number of benzene rings is 1. The smallest absolute Gasteiger partial charge is 0.408 e. The Hall–Kier alpha value is -1.47. The molecular formula is C15H21F3N2O2. The van der Waals surface area contributed by atoms with E-state index in [2.05, 4.69) is 5.32 Å². The molecule has 0 radical (unpaired) electrons. The van der Waals surface area contributed by atoms with E-state index in [9.17, 15) is 13.2 Å². The van der Waals surface area contributed by atoms with E-state index in [4.69, 9.17) is 9.47 Å². The van der Waals surface area contributed by atoms with Crippen LogP contribution in [0.25, 0.3) is 0 Å². The van der Waals surface area contributed by atoms with E-state index >= 15 is 0 Å². The Labute approximate surface area is 128 Å². The summed E-state index contributed by atoms with van der Waals surface area (Å²) >= 11 is 0. The van der Waals surface area contributed by atoms with E-state index in [-0.39, 0.29) is 5.56 Å². The number of ether oxygens (including phenoxy) is 2. The summed E-state index contributed by atoms with van der Waals surface area (Å²) < 4.78 is 51.2. The summed E-state index contributed by atoms with van der Waals surface area (Å²) in [6, 6.07) is 2.80. The first-order valence-electron chi connectivity index (χ1n) is 7.29. The number of hydrogen-bond donors (Lipinski definition) is 1. The van der Waals surface area contributed by atoms with Gasteiger partial charge in [0.2, 0.25) is 0 Å². The van der Waals surface area contributed by atoms with E-state index in [1.54, 1.807) is 6.92 Å². The molecule has 0 bridgehead atoms. The maximum absolute atomic E-state index is 13.6. The van der Waals surface area contributed by atoms with Crippen molar-refractivity contribution in [3.63, 3.8) is 0 Å². The molecule has 1 aromatic carbocycles. The predicted octanol–water partition coefficient (Wildman–Crippen LogP) is 2.60. The van der Waals surface area contributed by atoms with Gasteiger partial charge in [-0.05, 0) is 24.6 Å². The van der Waals surface area contributed by atoms with E-state index in [1.807, 2.05) is 0 Å². The van der Waals surface area contributed by atoms with Crippen molar-refractivity contribution in [2.75, 3.05) is 39.9 Å². The average molecular weight is 318 g/mol. The lowest BCUT2D eigenvalue weighted by molar-refractivity contribution is -0.187. The molecule has 22 heavy (non-hydrogen) atoms. The second-order valence-electron chi connectivity index (χ2n) is 5.07. The number of methoxy groups -OCH3 is 1. The molecule has 2 rings (SSSR count). The van der Waals surface area contributed by atoms with Gasteiger partial charge < -0.3 is 14.8 Å². The third-order valence-corrected chi connectivity index (χ3v) is 3.63. The Bertz CT molecular complexity index is 488. The van der Waals surface area contributed by atoms with Gasteiger partial charge in [0.1, 0.15) is 6.04 Å². The minimum absolute atomic E-state index is 0.179. The molecule has 1 N–H and O–H groups in total. The number of nitrogens with zero attached hydrogens (tertiary/aromatic N) is 1. The van der Waals surface area contributed by atoms with Gasteiger partial charge in [0.25, 0.3) is 0 Å². The molecule has 124 valence electrons. The quantitative estimate of drug-likeness (QED) is 0.905. The average Bonchev–Trinajstić information content (AvgIpc) is 2.48. The van der Waals surface area contributed by atoms with Crippen molar-refractivity contribution in [3.8, 4) is 11.5 Å². The molecule has 1 aliphatic heterocycles. The van der Waals surface area contributed by atoms with Crippen LogP contribution in [0.3, 0.4) is 0 Å². The summed E-state index contributed by atoms with van der Waals surface area (Å²) in [5.41, 5.74) is 0.179. The molecule has 1 saturated heterocycles. The molecule has 1 atom stereocenters. The zero-order valence-electron chi connectivity index (χ0n) is 12.7. The van der Waals surface area contributed by atoms with Crippen molar-refractivity contribution in [1.29, 1.82) is 0 Å². The first kappa shape index (κ1) is 16.9. The summed E-state index contributed by atoms with van der Waals surface area (Å²) in [7, 11) is 1.47. The number of piperazine rings is 1. The highest BCUT2D eigenvalue weighted by atomic mass is 19.4. The lowest BCUT2D eigenvalue weighted by Crippen LogP contribution is -2.49. The number of halogens is 3. The summed E-state index contributed by atoms with van der Waals surface area (Å²) in [4.78, 5) is 1.45. The Balaban J connectivity index is 2.36. The zero-order valence-corrected chi connectivity index (χ0v) is 12.7. The van der Waals surface area contributed by atoms with Gasteiger partial charge in [-0.2, -0.15) is 13.2 Å². The van der Waals surface area contributed by atoms with E-state index in [0.717, 1.165) is 0 Å². The van der Waals surface area contributed by atoms with Crippen molar-refractivity contribution in [3.05, 3.63) is 23.8 Å². The first-order valence-corrected chi connectivity index (χ1v) is 7.29. The Morgan fingerprint density at radius 3 is 2.45 bits per heavy atom. The fourth-order valence-corrected chi connectivity index (χ4v) is 2.68. The van der Waals surface area contributed by atoms with Crippen LogP contribution in [-0.4, -0.2) is 51.0 Å². The summed E-state index contributed by atoms with van der Waals surface area (Å²) in [5.74, 6) is 0.777. The number of hydrogen-bond acceptors (Lipinski definition) is 4. The van der Waals surface area contributed by atoms with Crippen LogP contribution in [0.5, 0.6) is 11.5 Å². The second-order valence-corrected chi connectivity index (χ2v) is 5.07. The van der Waals surface area contributed by atoms with Gasteiger partial charge in [-0.25, -0.2) is 0 Å². The maximum atomic E-state index is 13.6. The SMILES string of the molecule is CCOc1cc([C@H](N2CCNCC2)C(F)(F)F)ccc1OC. The Kier molecular flexibility index (Phi) is 5.52. The fourth-order valence-electron chi connectivity index (χ4n) is 2.68. The highest BCUT2D eigenvalue weighted by molar-refractivity contribution is 5.44. The van der Waals surface area contributed by atoms with Gasteiger partial charge in [0.05, 0.1) is 13.7 Å². The summed E-state index contributed by atoms with van der Waals surface area (Å²) in [6.45, 7) is 3.98. The van der Waals surface area contributed by atoms with Gasteiger partial charge in [-0.3, -0.25) is 4.90 Å². The Morgan fingerprint density at radius 2 is 1.91 bits per heavy atom. The van der Waals surface area contributed by atoms with Crippen LogP contribution in [0.15, 0.2) is 18.2 Å².